The first-order chi connectivity index (χ1) is 20.1. The summed E-state index contributed by atoms with van der Waals surface area (Å²) < 4.78 is 33.8. The minimum atomic E-state index is -1.88. The molecule has 0 saturated carbocycles. The van der Waals surface area contributed by atoms with Gasteiger partial charge in [-0.15, -0.1) is 0 Å². The van der Waals surface area contributed by atoms with E-state index in [2.05, 4.69) is 25.0 Å². The van der Waals surface area contributed by atoms with Crippen LogP contribution in [0.25, 0.3) is 0 Å². The Morgan fingerprint density at radius 3 is 1.77 bits per heavy atom. The molecule has 17 nitrogen and oxygen atoms in total. The molecule has 3 aliphatic rings. The number of carbonyl (C=O) groups is 1. The van der Waals surface area contributed by atoms with E-state index in [-0.39, 0.29) is 6.61 Å². The molecule has 0 spiro atoms. The van der Waals surface area contributed by atoms with Gasteiger partial charge in [0.15, 0.2) is 18.9 Å². The molecule has 0 aromatic rings. The number of aliphatic hydroxyl groups is 9. The molecule has 3 saturated heterocycles. The number of amides is 1. The van der Waals surface area contributed by atoms with E-state index in [1.54, 1.807) is 0 Å². The molecule has 0 unspecified atom stereocenters. The largest absolute Gasteiger partial charge is 0.394 e. The highest BCUT2D eigenvalue weighted by Gasteiger charge is 2.54. The van der Waals surface area contributed by atoms with Crippen LogP contribution in [0.5, 0.6) is 0 Å². The third kappa shape index (κ3) is 8.88. The van der Waals surface area contributed by atoms with E-state index in [1.165, 1.54) is 0 Å². The van der Waals surface area contributed by atoms with E-state index < -0.39 is 126 Å². The van der Waals surface area contributed by atoms with Crippen molar-refractivity contribution >= 4 is 14.0 Å². The fourth-order valence-electron chi connectivity index (χ4n) is 5.06. The van der Waals surface area contributed by atoms with Gasteiger partial charge in [0.05, 0.1) is 19.8 Å². The third-order valence-corrected chi connectivity index (χ3v) is 9.31. The van der Waals surface area contributed by atoms with Crippen LogP contribution in [-0.2, 0) is 33.2 Å². The Morgan fingerprint density at radius 2 is 1.21 bits per heavy atom. The lowest BCUT2D eigenvalue weighted by Crippen LogP contribution is -2.68. The molecule has 3 rings (SSSR count). The van der Waals surface area contributed by atoms with E-state index in [9.17, 15) is 50.8 Å². The average Bonchev–Trinajstić information content (AvgIpc) is 2.94. The minimum absolute atomic E-state index is 0.249. The molecule has 15 atom stereocenters. The highest BCUT2D eigenvalue weighted by Crippen LogP contribution is 2.33. The number of carbonyl (C=O) groups excluding carboxylic acids is 1. The zero-order valence-electron chi connectivity index (χ0n) is 24.6. The van der Waals surface area contributed by atoms with E-state index >= 15 is 0 Å². The van der Waals surface area contributed by atoms with Crippen molar-refractivity contribution in [2.45, 2.75) is 125 Å². The Hall–Kier alpha value is -0.913. The maximum absolute atomic E-state index is 11.8. The summed E-state index contributed by atoms with van der Waals surface area (Å²) in [6.07, 6.45) is -22.1. The summed E-state index contributed by atoms with van der Waals surface area (Å²) >= 11 is 0. The van der Waals surface area contributed by atoms with Gasteiger partial charge >= 0.3 is 0 Å². The zero-order valence-corrected chi connectivity index (χ0v) is 25.6. The lowest BCUT2D eigenvalue weighted by atomic mass is 9.95. The molecule has 0 bridgehead atoms. The van der Waals surface area contributed by atoms with Crippen LogP contribution in [0.15, 0.2) is 0 Å². The molecule has 3 heterocycles. The Morgan fingerprint density at radius 1 is 0.674 bits per heavy atom. The number of aliphatic hydroxyl groups excluding tert-OH is 9. The summed E-state index contributed by atoms with van der Waals surface area (Å²) in [4.78, 5) is 11.8. The van der Waals surface area contributed by atoms with Crippen LogP contribution in [0.2, 0.25) is 25.7 Å². The van der Waals surface area contributed by atoms with Crippen molar-refractivity contribution in [2.24, 2.45) is 0 Å². The van der Waals surface area contributed by atoms with Gasteiger partial charge in [0.2, 0.25) is 5.91 Å². The Bertz CT molecular complexity index is 881. The molecule has 3 aliphatic heterocycles. The monoisotopic (exact) mass is 645 g/mol. The number of rotatable bonds is 12. The number of ether oxygens (including phenoxy) is 6. The van der Waals surface area contributed by atoms with Crippen molar-refractivity contribution in [3.63, 3.8) is 0 Å². The molecule has 1 amide bonds. The Kier molecular flexibility index (Phi) is 13.2. The van der Waals surface area contributed by atoms with Crippen molar-refractivity contribution in [3.05, 3.63) is 0 Å². The summed E-state index contributed by atoms with van der Waals surface area (Å²) in [5, 5.41) is 96.1. The first-order valence-corrected chi connectivity index (χ1v) is 17.9. The summed E-state index contributed by atoms with van der Waals surface area (Å²) in [5.41, 5.74) is 0. The number of hydrogen-bond donors (Lipinski definition) is 10. The van der Waals surface area contributed by atoms with Gasteiger partial charge in [0, 0.05) is 21.6 Å². The standard InChI is InChI=1S/C25H47NO16Si/c1-10(30)26-14-17(33)15(31)11(7-27)38-23(14)42-22-16(32)12(8-28)39-25(20(22)36)41-21-13(9-29)40-24(19(35)18(21)34)37-5-6-43(2,3)4/h11-25,27-29,31-36H,5-9H2,1-4H3,(H,26,30)/t11-,12-,13-,14-,15+,16+,17-,18-,19-,20-,21+,22+,23+,24-,25-/m1/s1. The lowest BCUT2D eigenvalue weighted by molar-refractivity contribution is -0.375. The quantitative estimate of drug-likeness (QED) is 0.0890. The summed E-state index contributed by atoms with van der Waals surface area (Å²) in [6.45, 7) is 5.54. The van der Waals surface area contributed by atoms with Crippen molar-refractivity contribution in [2.75, 3.05) is 26.4 Å². The summed E-state index contributed by atoms with van der Waals surface area (Å²) in [5.74, 6) is -0.638. The molecule has 10 N–H and O–H groups in total. The minimum Gasteiger partial charge on any atom is -0.394 e. The van der Waals surface area contributed by atoms with Gasteiger partial charge < -0.3 is 79.7 Å². The van der Waals surface area contributed by atoms with Gasteiger partial charge in [-0.2, -0.15) is 0 Å². The van der Waals surface area contributed by atoms with Gasteiger partial charge in [-0.3, -0.25) is 4.79 Å². The summed E-state index contributed by atoms with van der Waals surface area (Å²) in [6, 6.07) is -0.666. The lowest BCUT2D eigenvalue weighted by Gasteiger charge is -2.48. The van der Waals surface area contributed by atoms with E-state index in [4.69, 9.17) is 28.4 Å². The second-order valence-corrected chi connectivity index (χ2v) is 17.9. The highest BCUT2D eigenvalue weighted by molar-refractivity contribution is 6.76. The molecule has 252 valence electrons. The van der Waals surface area contributed by atoms with Crippen molar-refractivity contribution in [3.8, 4) is 0 Å². The van der Waals surface area contributed by atoms with Crippen LogP contribution in [0.1, 0.15) is 6.92 Å². The average molecular weight is 646 g/mol. The maximum atomic E-state index is 11.8. The predicted molar refractivity (Wildman–Crippen MR) is 145 cm³/mol. The fraction of sp³-hybridized carbons (Fsp3) is 0.960. The van der Waals surface area contributed by atoms with Gasteiger partial charge in [-0.05, 0) is 6.04 Å². The normalized spacial score (nSPS) is 44.3. The Labute approximate surface area is 249 Å². The van der Waals surface area contributed by atoms with E-state index in [1.807, 2.05) is 0 Å². The molecule has 0 aliphatic carbocycles. The number of nitrogens with one attached hydrogen (secondary N) is 1. The highest BCUT2D eigenvalue weighted by atomic mass is 28.3. The van der Waals surface area contributed by atoms with Crippen LogP contribution >= 0.6 is 0 Å². The van der Waals surface area contributed by atoms with Gasteiger partial charge in [-0.25, -0.2) is 0 Å². The van der Waals surface area contributed by atoms with Crippen LogP contribution in [0.4, 0.5) is 0 Å². The van der Waals surface area contributed by atoms with Crippen LogP contribution in [0, 0.1) is 0 Å². The van der Waals surface area contributed by atoms with Gasteiger partial charge in [0.25, 0.3) is 0 Å². The molecular formula is C25H47NO16Si. The Balaban J connectivity index is 1.78. The molecule has 43 heavy (non-hydrogen) atoms. The van der Waals surface area contributed by atoms with E-state index in [0.29, 0.717) is 0 Å². The fourth-order valence-corrected chi connectivity index (χ4v) is 5.79. The number of hydrogen-bond acceptors (Lipinski definition) is 16. The van der Waals surface area contributed by atoms with Crippen molar-refractivity contribution in [1.82, 2.24) is 5.32 Å². The van der Waals surface area contributed by atoms with Gasteiger partial charge in [0.1, 0.15) is 73.2 Å². The van der Waals surface area contributed by atoms with Crippen LogP contribution in [-0.4, -0.2) is 178 Å². The topological polar surface area (TPSA) is 267 Å². The van der Waals surface area contributed by atoms with Crippen LogP contribution < -0.4 is 5.32 Å². The SMILES string of the molecule is CC(=O)N[C@H]1[C@H](O[C@H]2[C@@H](O)[C@@H](CO)O[C@H](O[C@@H]3[C@H](O)[C@@H](O)[C@H](OCC[Si](C)(C)C)O[C@@H]3CO)[C@@H]2O)O[C@H](CO)[C@H](O)[C@@H]1O. The molecule has 0 aromatic heterocycles. The van der Waals surface area contributed by atoms with Crippen molar-refractivity contribution < 1.29 is 79.2 Å². The van der Waals surface area contributed by atoms with E-state index in [0.717, 1.165) is 13.0 Å². The first-order valence-electron chi connectivity index (χ1n) is 14.2. The smallest absolute Gasteiger partial charge is 0.217 e. The third-order valence-electron chi connectivity index (χ3n) is 7.61. The van der Waals surface area contributed by atoms with Gasteiger partial charge in [-0.1, -0.05) is 19.6 Å². The van der Waals surface area contributed by atoms with Crippen LogP contribution in [0.3, 0.4) is 0 Å². The zero-order chi connectivity index (χ0) is 32.2. The second-order valence-electron chi connectivity index (χ2n) is 12.2. The molecule has 0 radical (unpaired) electrons. The first kappa shape index (κ1) is 36.6. The summed E-state index contributed by atoms with van der Waals surface area (Å²) in [7, 11) is -1.49. The predicted octanol–water partition coefficient (Wildman–Crippen LogP) is -5.07. The molecule has 18 heteroatoms. The second kappa shape index (κ2) is 15.6. The molecule has 3 fully saturated rings. The molecule has 0 aromatic carbocycles. The maximum Gasteiger partial charge on any atom is 0.217 e. The molecular weight excluding hydrogens is 598 g/mol. The van der Waals surface area contributed by atoms with Crippen molar-refractivity contribution in [1.29, 1.82) is 0 Å².